The minimum absolute atomic E-state index is 0.228. The minimum Gasteiger partial charge on any atom is -0.441 e. The lowest BCUT2D eigenvalue weighted by molar-refractivity contribution is 0.0963. The molecule has 21 heavy (non-hydrogen) atoms. The van der Waals surface area contributed by atoms with Crippen molar-refractivity contribution in [3.05, 3.63) is 24.0 Å². The van der Waals surface area contributed by atoms with E-state index in [4.69, 9.17) is 9.84 Å². The van der Waals surface area contributed by atoms with E-state index in [-0.39, 0.29) is 19.0 Å². The summed E-state index contributed by atoms with van der Waals surface area (Å²) < 4.78 is 19.3. The number of cyclic esters (lactones) is 1. The lowest BCUT2D eigenvalue weighted by atomic mass is 10.2. The number of anilines is 2. The number of carbonyl (C=O) groups excluding carboxylic acids is 1. The topological polar surface area (TPSA) is 53.0 Å². The first-order valence-electron chi connectivity index (χ1n) is 6.90. The summed E-state index contributed by atoms with van der Waals surface area (Å²) in [6.45, 7) is 1.68. The zero-order valence-electron chi connectivity index (χ0n) is 11.5. The van der Waals surface area contributed by atoms with Crippen LogP contribution in [0.5, 0.6) is 0 Å². The molecule has 2 heterocycles. The second-order valence-electron chi connectivity index (χ2n) is 5.03. The Morgan fingerprint density at radius 3 is 2.76 bits per heavy atom. The molecular weight excluding hydrogens is 295 g/mol. The van der Waals surface area contributed by atoms with Crippen LogP contribution in [0.25, 0.3) is 0 Å². The highest BCUT2D eigenvalue weighted by molar-refractivity contribution is 7.99. The van der Waals surface area contributed by atoms with Crippen molar-refractivity contribution in [2.75, 3.05) is 47.5 Å². The van der Waals surface area contributed by atoms with Gasteiger partial charge in [-0.1, -0.05) is 0 Å². The van der Waals surface area contributed by atoms with Crippen LogP contribution in [-0.4, -0.2) is 55.1 Å². The van der Waals surface area contributed by atoms with Crippen molar-refractivity contribution < 1.29 is 19.0 Å². The molecule has 1 aromatic rings. The Hall–Kier alpha value is -1.47. The molecule has 5 nitrogen and oxygen atoms in total. The van der Waals surface area contributed by atoms with Gasteiger partial charge in [-0.3, -0.25) is 4.90 Å². The monoisotopic (exact) mass is 312 g/mol. The average Bonchev–Trinajstić information content (AvgIpc) is 2.89. The quantitative estimate of drug-likeness (QED) is 0.920. The number of amides is 1. The molecule has 0 spiro atoms. The van der Waals surface area contributed by atoms with E-state index in [9.17, 15) is 9.18 Å². The highest BCUT2D eigenvalue weighted by atomic mass is 32.2. The lowest BCUT2D eigenvalue weighted by Gasteiger charge is -2.29. The van der Waals surface area contributed by atoms with Crippen LogP contribution < -0.4 is 9.80 Å². The minimum atomic E-state index is -0.546. The van der Waals surface area contributed by atoms with E-state index in [0.717, 1.165) is 24.6 Å². The molecule has 1 aromatic carbocycles. The maximum absolute atomic E-state index is 14.3. The zero-order chi connectivity index (χ0) is 14.8. The number of halogens is 1. The average molecular weight is 312 g/mol. The van der Waals surface area contributed by atoms with Crippen LogP contribution in [0.1, 0.15) is 0 Å². The molecule has 0 saturated carbocycles. The van der Waals surface area contributed by atoms with Gasteiger partial charge >= 0.3 is 6.09 Å². The number of aliphatic hydroxyl groups is 1. The molecule has 1 N–H and O–H groups in total. The number of thioether (sulfide) groups is 1. The lowest BCUT2D eigenvalue weighted by Crippen LogP contribution is -2.33. The molecule has 1 amide bonds. The zero-order valence-corrected chi connectivity index (χ0v) is 12.3. The number of hydrogen-bond donors (Lipinski definition) is 1. The van der Waals surface area contributed by atoms with E-state index in [1.165, 1.54) is 11.0 Å². The smallest absolute Gasteiger partial charge is 0.414 e. The number of nitrogens with zero attached hydrogens (tertiary/aromatic N) is 2. The fourth-order valence-corrected chi connectivity index (χ4v) is 3.45. The number of aliphatic hydroxyl groups excluding tert-OH is 1. The van der Waals surface area contributed by atoms with E-state index >= 15 is 0 Å². The maximum atomic E-state index is 14.3. The summed E-state index contributed by atoms with van der Waals surface area (Å²) in [5.41, 5.74) is 1.04. The standard InChI is InChI=1S/C14H17FN2O3S/c15-12-7-10(17-8-11(9-18)20-14(17)19)1-2-13(12)16-3-5-21-6-4-16/h1-2,7,11,18H,3-6,8-9H2/t11-/m1/s1. The Morgan fingerprint density at radius 1 is 1.38 bits per heavy atom. The molecule has 3 rings (SSSR count). The van der Waals surface area contributed by atoms with Crippen LogP contribution in [0.4, 0.5) is 20.6 Å². The van der Waals surface area contributed by atoms with Gasteiger partial charge in [-0.25, -0.2) is 9.18 Å². The van der Waals surface area contributed by atoms with Gasteiger partial charge in [0, 0.05) is 24.6 Å². The second-order valence-corrected chi connectivity index (χ2v) is 6.26. The Balaban J connectivity index is 1.79. The Kier molecular flexibility index (Phi) is 4.21. The first-order valence-corrected chi connectivity index (χ1v) is 8.06. The highest BCUT2D eigenvalue weighted by Gasteiger charge is 2.32. The third-order valence-electron chi connectivity index (χ3n) is 3.67. The molecule has 0 unspecified atom stereocenters. The maximum Gasteiger partial charge on any atom is 0.414 e. The van der Waals surface area contributed by atoms with Crippen molar-refractivity contribution in [3.63, 3.8) is 0 Å². The predicted octanol–water partition coefficient (Wildman–Crippen LogP) is 1.70. The number of hydrogen-bond acceptors (Lipinski definition) is 5. The van der Waals surface area contributed by atoms with Gasteiger partial charge in [-0.05, 0) is 18.2 Å². The fourth-order valence-electron chi connectivity index (χ4n) is 2.55. The van der Waals surface area contributed by atoms with Gasteiger partial charge in [-0.2, -0.15) is 11.8 Å². The van der Waals surface area contributed by atoms with Crippen LogP contribution in [-0.2, 0) is 4.74 Å². The van der Waals surface area contributed by atoms with Crippen molar-refractivity contribution in [2.45, 2.75) is 6.10 Å². The molecule has 2 fully saturated rings. The number of ether oxygens (including phenoxy) is 1. The third kappa shape index (κ3) is 2.94. The molecule has 2 aliphatic heterocycles. The van der Waals surface area contributed by atoms with Crippen LogP contribution in [0.3, 0.4) is 0 Å². The Morgan fingerprint density at radius 2 is 2.14 bits per heavy atom. The normalized spacial score (nSPS) is 22.6. The van der Waals surface area contributed by atoms with Gasteiger partial charge in [-0.15, -0.1) is 0 Å². The van der Waals surface area contributed by atoms with Gasteiger partial charge in [0.1, 0.15) is 11.9 Å². The molecular formula is C14H17FN2O3S. The van der Waals surface area contributed by atoms with Crippen molar-refractivity contribution in [2.24, 2.45) is 0 Å². The molecule has 1 atom stereocenters. The summed E-state index contributed by atoms with van der Waals surface area (Å²) in [5.74, 6) is 1.66. The molecule has 2 aliphatic rings. The van der Waals surface area contributed by atoms with Gasteiger partial charge in [0.25, 0.3) is 0 Å². The molecule has 0 radical (unpaired) electrons. The van der Waals surface area contributed by atoms with Crippen LogP contribution in [0, 0.1) is 5.82 Å². The van der Waals surface area contributed by atoms with Gasteiger partial charge in [0.15, 0.2) is 0 Å². The van der Waals surface area contributed by atoms with Crippen LogP contribution in [0.2, 0.25) is 0 Å². The molecule has 0 aliphatic carbocycles. The number of benzene rings is 1. The van der Waals surface area contributed by atoms with Gasteiger partial charge in [0.05, 0.1) is 24.5 Å². The van der Waals surface area contributed by atoms with E-state index in [0.29, 0.717) is 11.4 Å². The van der Waals surface area contributed by atoms with E-state index < -0.39 is 12.2 Å². The van der Waals surface area contributed by atoms with E-state index in [2.05, 4.69) is 0 Å². The summed E-state index contributed by atoms with van der Waals surface area (Å²) in [6.07, 6.45) is -1.09. The summed E-state index contributed by atoms with van der Waals surface area (Å²) in [4.78, 5) is 15.1. The fraction of sp³-hybridized carbons (Fsp3) is 0.500. The summed E-state index contributed by atoms with van der Waals surface area (Å²) >= 11 is 1.87. The van der Waals surface area contributed by atoms with E-state index in [1.54, 1.807) is 12.1 Å². The highest BCUT2D eigenvalue weighted by Crippen LogP contribution is 2.29. The number of rotatable bonds is 3. The summed E-state index contributed by atoms with van der Waals surface area (Å²) in [7, 11) is 0. The van der Waals surface area contributed by atoms with Crippen LogP contribution >= 0.6 is 11.8 Å². The van der Waals surface area contributed by atoms with Crippen molar-refractivity contribution in [3.8, 4) is 0 Å². The van der Waals surface area contributed by atoms with Gasteiger partial charge < -0.3 is 14.7 Å². The predicted molar refractivity (Wildman–Crippen MR) is 80.6 cm³/mol. The molecule has 2 saturated heterocycles. The molecule has 0 aromatic heterocycles. The summed E-state index contributed by atoms with van der Waals surface area (Å²) in [5, 5.41) is 9.03. The first kappa shape index (κ1) is 14.5. The van der Waals surface area contributed by atoms with Crippen LogP contribution in [0.15, 0.2) is 18.2 Å². The Bertz CT molecular complexity index is 537. The number of carbonyl (C=O) groups is 1. The van der Waals surface area contributed by atoms with Gasteiger partial charge in [0.2, 0.25) is 0 Å². The van der Waals surface area contributed by atoms with Crippen molar-refractivity contribution >= 4 is 29.2 Å². The molecule has 0 bridgehead atoms. The Labute approximate surface area is 126 Å². The largest absolute Gasteiger partial charge is 0.441 e. The van der Waals surface area contributed by atoms with E-state index in [1.807, 2.05) is 16.7 Å². The SMILES string of the molecule is O=C1O[C@@H](CO)CN1c1ccc(N2CCSCC2)c(F)c1. The molecule has 7 heteroatoms. The molecule has 114 valence electrons. The van der Waals surface area contributed by atoms with Crippen molar-refractivity contribution in [1.82, 2.24) is 0 Å². The second kappa shape index (κ2) is 6.11. The van der Waals surface area contributed by atoms with Crippen molar-refractivity contribution in [1.29, 1.82) is 0 Å². The first-order chi connectivity index (χ1) is 10.2. The summed E-state index contributed by atoms with van der Waals surface area (Å²) in [6, 6.07) is 4.79. The third-order valence-corrected chi connectivity index (χ3v) is 4.61.